The van der Waals surface area contributed by atoms with Crippen LogP contribution in [0.4, 0.5) is 5.69 Å². The molecule has 1 aliphatic heterocycles. The van der Waals surface area contributed by atoms with Gasteiger partial charge in [0.2, 0.25) is 9.97 Å². The topological polar surface area (TPSA) is 66.6 Å². The minimum absolute atomic E-state index is 0.0204. The summed E-state index contributed by atoms with van der Waals surface area (Å²) in [6, 6.07) is 7.83. The Morgan fingerprint density at radius 3 is 2.69 bits per heavy atom. The maximum atomic E-state index is 12.8. The van der Waals surface area contributed by atoms with E-state index in [0.717, 1.165) is 42.5 Å². The molecule has 9 heteroatoms. The van der Waals surface area contributed by atoms with Crippen molar-refractivity contribution in [2.45, 2.75) is 18.8 Å². The number of nitrogens with zero attached hydrogens (tertiary/aromatic N) is 6. The van der Waals surface area contributed by atoms with E-state index in [1.54, 1.807) is 4.52 Å². The fraction of sp³-hybridized carbons (Fsp3) is 0.412. The van der Waals surface area contributed by atoms with E-state index in [9.17, 15) is 4.79 Å². The van der Waals surface area contributed by atoms with Gasteiger partial charge in [0.15, 0.2) is 5.82 Å². The van der Waals surface area contributed by atoms with E-state index in [4.69, 9.17) is 11.6 Å². The number of hydrogen-bond acceptors (Lipinski definition) is 6. The van der Waals surface area contributed by atoms with Gasteiger partial charge in [-0.25, -0.2) is 0 Å². The Morgan fingerprint density at radius 1 is 1.15 bits per heavy atom. The predicted molar refractivity (Wildman–Crippen MR) is 100 cm³/mol. The van der Waals surface area contributed by atoms with Gasteiger partial charge < -0.3 is 9.80 Å². The van der Waals surface area contributed by atoms with Crippen LogP contribution in [0.2, 0.25) is 5.02 Å². The molecule has 1 amide bonds. The molecule has 2 aliphatic rings. The number of amides is 1. The Labute approximate surface area is 159 Å². The minimum atomic E-state index is -0.0204. The molecule has 1 aromatic carbocycles. The third-order valence-electron chi connectivity index (χ3n) is 4.88. The number of carbonyl (C=O) groups is 1. The van der Waals surface area contributed by atoms with E-state index < -0.39 is 0 Å². The highest BCUT2D eigenvalue weighted by Crippen LogP contribution is 2.39. The Hall–Kier alpha value is -2.19. The molecule has 0 spiro atoms. The molecule has 2 aromatic heterocycles. The summed E-state index contributed by atoms with van der Waals surface area (Å²) in [6.45, 7) is 2.90. The third-order valence-corrected chi connectivity index (χ3v) is 6.00. The number of anilines is 1. The number of hydrogen-bond donors (Lipinski definition) is 0. The van der Waals surface area contributed by atoms with Gasteiger partial charge in [-0.2, -0.15) is 4.52 Å². The fourth-order valence-electron chi connectivity index (χ4n) is 3.29. The van der Waals surface area contributed by atoms with Crippen LogP contribution in [0, 0.1) is 0 Å². The number of halogens is 1. The molecule has 0 bridgehead atoms. The molecular weight excluding hydrogens is 372 g/mol. The predicted octanol–water partition coefficient (Wildman–Crippen LogP) is 2.68. The van der Waals surface area contributed by atoms with Crippen molar-refractivity contribution in [3.05, 3.63) is 40.1 Å². The van der Waals surface area contributed by atoms with Crippen LogP contribution in [0.15, 0.2) is 24.3 Å². The molecule has 7 nitrogen and oxygen atoms in total. The molecule has 0 atom stereocenters. The van der Waals surface area contributed by atoms with Crippen molar-refractivity contribution in [2.24, 2.45) is 0 Å². The number of piperazine rings is 1. The molecule has 2 fully saturated rings. The van der Waals surface area contributed by atoms with Crippen molar-refractivity contribution in [2.75, 3.05) is 31.1 Å². The van der Waals surface area contributed by atoms with Gasteiger partial charge >= 0.3 is 0 Å². The molecule has 3 aromatic rings. The van der Waals surface area contributed by atoms with E-state index in [1.165, 1.54) is 11.3 Å². The summed E-state index contributed by atoms with van der Waals surface area (Å²) in [4.78, 5) is 17.6. The first-order valence-corrected chi connectivity index (χ1v) is 9.90. The van der Waals surface area contributed by atoms with Crippen LogP contribution >= 0.6 is 22.9 Å². The first-order chi connectivity index (χ1) is 12.7. The van der Waals surface area contributed by atoms with Crippen LogP contribution in [-0.4, -0.2) is 56.8 Å². The molecule has 5 rings (SSSR count). The van der Waals surface area contributed by atoms with E-state index in [-0.39, 0.29) is 5.91 Å². The van der Waals surface area contributed by atoms with Crippen LogP contribution in [0.25, 0.3) is 4.96 Å². The zero-order valence-electron chi connectivity index (χ0n) is 14.0. The summed E-state index contributed by atoms with van der Waals surface area (Å²) in [5, 5.41) is 14.1. The molecular formula is C17H17ClN6OS. The fourth-order valence-corrected chi connectivity index (χ4v) is 4.29. The summed E-state index contributed by atoms with van der Waals surface area (Å²) in [7, 11) is 0. The first kappa shape index (κ1) is 16.0. The standard InChI is InChI=1S/C17H17ClN6OS/c18-12-2-1-3-13(10-12)22-6-8-23(9-7-22)16(25)15-21-24-14(11-4-5-11)19-20-17(24)26-15/h1-3,10-11H,4-9H2. The van der Waals surface area contributed by atoms with E-state index >= 15 is 0 Å². The summed E-state index contributed by atoms with van der Waals surface area (Å²) < 4.78 is 1.75. The summed E-state index contributed by atoms with van der Waals surface area (Å²) >= 11 is 7.40. The number of rotatable bonds is 3. The van der Waals surface area contributed by atoms with Gasteiger partial charge in [0, 0.05) is 42.8 Å². The van der Waals surface area contributed by atoms with Crippen LogP contribution in [-0.2, 0) is 0 Å². The largest absolute Gasteiger partial charge is 0.368 e. The number of fused-ring (bicyclic) bond motifs is 1. The lowest BCUT2D eigenvalue weighted by Gasteiger charge is -2.35. The zero-order chi connectivity index (χ0) is 17.7. The number of aromatic nitrogens is 4. The third kappa shape index (κ3) is 2.83. The molecule has 0 radical (unpaired) electrons. The summed E-state index contributed by atoms with van der Waals surface area (Å²) in [5.74, 6) is 1.32. The first-order valence-electron chi connectivity index (χ1n) is 8.71. The average Bonchev–Trinajstić information content (AvgIpc) is 3.29. The molecule has 134 valence electrons. The SMILES string of the molecule is O=C(c1nn2c(C3CC3)nnc2s1)N1CCN(c2cccc(Cl)c2)CC1. The Balaban J connectivity index is 1.29. The van der Waals surface area contributed by atoms with Crippen molar-refractivity contribution in [1.29, 1.82) is 0 Å². The zero-order valence-corrected chi connectivity index (χ0v) is 15.6. The Kier molecular flexibility index (Phi) is 3.82. The van der Waals surface area contributed by atoms with E-state index in [2.05, 4.69) is 20.2 Å². The van der Waals surface area contributed by atoms with Gasteiger partial charge in [0.25, 0.3) is 5.91 Å². The number of carbonyl (C=O) groups excluding carboxylic acids is 1. The maximum absolute atomic E-state index is 12.8. The van der Waals surface area contributed by atoms with Crippen molar-refractivity contribution in [1.82, 2.24) is 24.7 Å². The molecule has 1 saturated carbocycles. The molecule has 1 saturated heterocycles. The van der Waals surface area contributed by atoms with Crippen LogP contribution in [0.3, 0.4) is 0 Å². The number of benzene rings is 1. The molecule has 0 N–H and O–H groups in total. The normalized spacial score (nSPS) is 17.9. The lowest BCUT2D eigenvalue weighted by molar-refractivity contribution is 0.0745. The van der Waals surface area contributed by atoms with E-state index in [1.807, 2.05) is 29.2 Å². The Bertz CT molecular complexity index is 973. The van der Waals surface area contributed by atoms with Gasteiger partial charge in [0.1, 0.15) is 0 Å². The molecule has 0 unspecified atom stereocenters. The molecule has 1 aliphatic carbocycles. The lowest BCUT2D eigenvalue weighted by Crippen LogP contribution is -2.48. The highest BCUT2D eigenvalue weighted by molar-refractivity contribution is 7.18. The van der Waals surface area contributed by atoms with Crippen LogP contribution in [0.5, 0.6) is 0 Å². The van der Waals surface area contributed by atoms with Crippen LogP contribution < -0.4 is 4.90 Å². The average molecular weight is 389 g/mol. The second kappa shape index (κ2) is 6.21. The van der Waals surface area contributed by atoms with E-state index in [0.29, 0.717) is 29.0 Å². The van der Waals surface area contributed by atoms with Gasteiger partial charge in [-0.1, -0.05) is 29.0 Å². The van der Waals surface area contributed by atoms with Crippen molar-refractivity contribution in [3.63, 3.8) is 0 Å². The van der Waals surface area contributed by atoms with Gasteiger partial charge in [0.05, 0.1) is 0 Å². The second-order valence-corrected chi connectivity index (χ2v) is 8.09. The monoisotopic (exact) mass is 388 g/mol. The summed E-state index contributed by atoms with van der Waals surface area (Å²) in [6.07, 6.45) is 2.26. The highest BCUT2D eigenvalue weighted by atomic mass is 35.5. The molecule has 26 heavy (non-hydrogen) atoms. The quantitative estimate of drug-likeness (QED) is 0.690. The van der Waals surface area contributed by atoms with Crippen LogP contribution in [0.1, 0.15) is 34.4 Å². The smallest absolute Gasteiger partial charge is 0.284 e. The Morgan fingerprint density at radius 2 is 1.96 bits per heavy atom. The second-order valence-electron chi connectivity index (χ2n) is 6.69. The minimum Gasteiger partial charge on any atom is -0.368 e. The highest BCUT2D eigenvalue weighted by Gasteiger charge is 2.31. The molecule has 3 heterocycles. The van der Waals surface area contributed by atoms with Crippen molar-refractivity contribution in [3.8, 4) is 0 Å². The van der Waals surface area contributed by atoms with Crippen molar-refractivity contribution >= 4 is 39.5 Å². The lowest BCUT2D eigenvalue weighted by atomic mass is 10.2. The van der Waals surface area contributed by atoms with Gasteiger partial charge in [-0.05, 0) is 31.0 Å². The van der Waals surface area contributed by atoms with Gasteiger partial charge in [-0.3, -0.25) is 4.79 Å². The summed E-state index contributed by atoms with van der Waals surface area (Å²) in [5.41, 5.74) is 1.09. The van der Waals surface area contributed by atoms with Crippen molar-refractivity contribution < 1.29 is 4.79 Å². The maximum Gasteiger partial charge on any atom is 0.284 e. The van der Waals surface area contributed by atoms with Gasteiger partial charge in [-0.15, -0.1) is 15.3 Å².